The van der Waals surface area contributed by atoms with E-state index < -0.39 is 0 Å². The molecule has 0 aliphatic rings. The molecule has 0 heterocycles. The van der Waals surface area contributed by atoms with Crippen LogP contribution in [0.1, 0.15) is 147 Å². The highest BCUT2D eigenvalue weighted by Gasteiger charge is 1.98. The number of rotatable bonds is 9. The Labute approximate surface area is 181 Å². The molecule has 28 heavy (non-hydrogen) atoms. The number of Topliss-reactive ketones (excluding diaryl/α,β-unsaturated/α-hetero) is 1. The Morgan fingerprint density at radius 2 is 0.964 bits per heavy atom. The number of carbonyl (C=O) groups excluding carboxylic acids is 1. The van der Waals surface area contributed by atoms with Gasteiger partial charge in [0.25, 0.3) is 0 Å². The fourth-order valence-corrected chi connectivity index (χ4v) is 1.60. The van der Waals surface area contributed by atoms with Gasteiger partial charge in [0.05, 0.1) is 0 Å². The lowest BCUT2D eigenvalue weighted by Gasteiger charge is -1.98. The van der Waals surface area contributed by atoms with Crippen molar-refractivity contribution in [3.8, 4) is 0 Å². The molecule has 0 aromatic carbocycles. The summed E-state index contributed by atoms with van der Waals surface area (Å²) in [5.41, 5.74) is 2.11. The second-order valence-electron chi connectivity index (χ2n) is 7.14. The molecule has 0 amide bonds. The Hall–Kier alpha value is -0.850. The molecular formula is C27H58O. The van der Waals surface area contributed by atoms with Gasteiger partial charge in [0.15, 0.2) is 5.78 Å². The molecule has 0 saturated carbocycles. The molecule has 0 spiro atoms. The molecule has 0 atom stereocenters. The summed E-state index contributed by atoms with van der Waals surface area (Å²) >= 11 is 0. The van der Waals surface area contributed by atoms with Crippen molar-refractivity contribution in [1.82, 2.24) is 0 Å². The first-order valence-electron chi connectivity index (χ1n) is 12.0. The van der Waals surface area contributed by atoms with E-state index in [4.69, 9.17) is 0 Å². The van der Waals surface area contributed by atoms with Crippen LogP contribution >= 0.6 is 0 Å². The smallest absolute Gasteiger partial charge is 0.155 e. The Morgan fingerprint density at radius 1 is 0.643 bits per heavy atom. The van der Waals surface area contributed by atoms with Gasteiger partial charge < -0.3 is 0 Å². The van der Waals surface area contributed by atoms with Crippen molar-refractivity contribution in [2.75, 3.05) is 0 Å². The normalized spacial score (nSPS) is 9.54. The number of unbranched alkanes of at least 4 members (excludes halogenated alkanes) is 7. The number of ketones is 1. The molecule has 1 heteroatoms. The van der Waals surface area contributed by atoms with E-state index in [1.807, 2.05) is 20.8 Å². The van der Waals surface area contributed by atoms with E-state index >= 15 is 0 Å². The Balaban J connectivity index is -0.0000000832. The first kappa shape index (κ1) is 37.8. The lowest BCUT2D eigenvalue weighted by atomic mass is 10.1. The van der Waals surface area contributed by atoms with Gasteiger partial charge in [-0.15, -0.1) is 6.58 Å². The fourth-order valence-electron chi connectivity index (χ4n) is 1.60. The number of hydrogen-bond donors (Lipinski definition) is 0. The maximum Gasteiger partial charge on any atom is 0.155 e. The molecule has 0 bridgehead atoms. The molecule has 0 rings (SSSR count). The van der Waals surface area contributed by atoms with Gasteiger partial charge >= 0.3 is 0 Å². The zero-order chi connectivity index (χ0) is 23.2. The van der Waals surface area contributed by atoms with E-state index in [2.05, 4.69) is 55.0 Å². The molecule has 172 valence electrons. The zero-order valence-corrected chi connectivity index (χ0v) is 22.0. The van der Waals surface area contributed by atoms with Crippen LogP contribution in [0.4, 0.5) is 0 Å². The van der Waals surface area contributed by atoms with Crippen LogP contribution in [-0.2, 0) is 4.79 Å². The Kier molecular flexibility index (Phi) is 55.1. The first-order chi connectivity index (χ1) is 13.2. The van der Waals surface area contributed by atoms with Gasteiger partial charge in [-0.2, -0.15) is 0 Å². The van der Waals surface area contributed by atoms with Gasteiger partial charge in [0, 0.05) is 0 Å². The van der Waals surface area contributed by atoms with Crippen molar-refractivity contribution in [1.29, 1.82) is 0 Å². The molecule has 1 nitrogen and oxygen atoms in total. The van der Waals surface area contributed by atoms with E-state index in [0.29, 0.717) is 0 Å². The van der Waals surface area contributed by atoms with E-state index in [0.717, 1.165) is 12.0 Å². The van der Waals surface area contributed by atoms with Crippen LogP contribution in [0.3, 0.4) is 0 Å². The van der Waals surface area contributed by atoms with Gasteiger partial charge in [-0.1, -0.05) is 124 Å². The zero-order valence-electron chi connectivity index (χ0n) is 22.0. The largest absolute Gasteiger partial charge is 0.295 e. The minimum absolute atomic E-state index is 0.189. The van der Waals surface area contributed by atoms with Gasteiger partial charge in [-0.3, -0.25) is 4.79 Å². The highest BCUT2D eigenvalue weighted by atomic mass is 16.1. The van der Waals surface area contributed by atoms with Crippen LogP contribution in [0.25, 0.3) is 0 Å². The lowest BCUT2D eigenvalue weighted by molar-refractivity contribution is -0.113. The van der Waals surface area contributed by atoms with Gasteiger partial charge in [0.1, 0.15) is 0 Å². The van der Waals surface area contributed by atoms with Gasteiger partial charge in [0.2, 0.25) is 0 Å². The summed E-state index contributed by atoms with van der Waals surface area (Å²) in [4.78, 5) is 10.7. The summed E-state index contributed by atoms with van der Waals surface area (Å²) in [7, 11) is 0. The summed E-state index contributed by atoms with van der Waals surface area (Å²) in [6, 6.07) is 0. The fraction of sp³-hybridized carbons (Fsp3) is 0.815. The summed E-state index contributed by atoms with van der Waals surface area (Å²) in [6.07, 6.45) is 16.5. The third kappa shape index (κ3) is 56.2. The molecule has 0 aromatic heterocycles. The maximum atomic E-state index is 10.7. The number of hydrogen-bond acceptors (Lipinski definition) is 1. The summed E-state index contributed by atoms with van der Waals surface area (Å²) in [6.45, 7) is 26.1. The van der Waals surface area contributed by atoms with E-state index in [1.165, 1.54) is 69.8 Å². The SMILES string of the molecule is C=CC.CC/C(C)=C(/C)C(C)=O.CCCC.CCCCC.CCCCCCC. The highest BCUT2D eigenvalue weighted by molar-refractivity contribution is 5.93. The van der Waals surface area contributed by atoms with Crippen LogP contribution in [0, 0.1) is 0 Å². The second-order valence-corrected chi connectivity index (χ2v) is 7.14. The summed E-state index contributed by atoms with van der Waals surface area (Å²) < 4.78 is 0. The average Bonchev–Trinajstić information content (AvgIpc) is 2.69. The van der Waals surface area contributed by atoms with Crippen molar-refractivity contribution < 1.29 is 4.79 Å². The molecule has 0 aliphatic heterocycles. The van der Waals surface area contributed by atoms with Crippen LogP contribution < -0.4 is 0 Å². The van der Waals surface area contributed by atoms with Crippen molar-refractivity contribution >= 4 is 5.78 Å². The average molecular weight is 399 g/mol. The summed E-state index contributed by atoms with van der Waals surface area (Å²) in [5.74, 6) is 0.189. The van der Waals surface area contributed by atoms with Crippen LogP contribution in [0.2, 0.25) is 0 Å². The Morgan fingerprint density at radius 3 is 1.07 bits per heavy atom. The standard InChI is InChI=1S/C8H14O.C7H16.C5H12.C4H10.C3H6/c1-5-6(2)7(3)8(4)9;1-3-5-7-6-4-2;1-3-5-4-2;1-3-4-2;1-3-2/h5H2,1-4H3;3-7H2,1-2H3;3-5H2,1-2H3;3-4H2,1-2H3;3H,1H2,2H3/b7-6-;;;;. The van der Waals surface area contributed by atoms with Gasteiger partial charge in [-0.25, -0.2) is 0 Å². The minimum Gasteiger partial charge on any atom is -0.295 e. The molecule has 0 saturated heterocycles. The lowest BCUT2D eigenvalue weighted by Crippen LogP contribution is -1.94. The topological polar surface area (TPSA) is 17.1 Å². The number of allylic oxidation sites excluding steroid dienone is 3. The number of carbonyl (C=O) groups is 1. The van der Waals surface area contributed by atoms with Crippen LogP contribution in [0.15, 0.2) is 23.8 Å². The third-order valence-corrected chi connectivity index (χ3v) is 4.11. The second kappa shape index (κ2) is 40.7. The van der Waals surface area contributed by atoms with E-state index in [9.17, 15) is 4.79 Å². The molecule has 0 aromatic rings. The molecule has 0 radical (unpaired) electrons. The van der Waals surface area contributed by atoms with E-state index in [1.54, 1.807) is 13.0 Å². The van der Waals surface area contributed by atoms with Crippen molar-refractivity contribution in [3.05, 3.63) is 23.8 Å². The van der Waals surface area contributed by atoms with Crippen molar-refractivity contribution in [2.24, 2.45) is 0 Å². The summed E-state index contributed by atoms with van der Waals surface area (Å²) in [5, 5.41) is 0. The molecular weight excluding hydrogens is 340 g/mol. The quantitative estimate of drug-likeness (QED) is 0.214. The van der Waals surface area contributed by atoms with Crippen LogP contribution in [0.5, 0.6) is 0 Å². The van der Waals surface area contributed by atoms with Crippen LogP contribution in [-0.4, -0.2) is 5.78 Å². The maximum absolute atomic E-state index is 10.7. The molecule has 0 unspecified atom stereocenters. The van der Waals surface area contributed by atoms with Gasteiger partial charge in [-0.05, 0) is 39.7 Å². The first-order valence-corrected chi connectivity index (χ1v) is 12.0. The minimum atomic E-state index is 0.189. The predicted molar refractivity (Wildman–Crippen MR) is 135 cm³/mol. The predicted octanol–water partition coefficient (Wildman–Crippen LogP) is 10.5. The Bertz CT molecular complexity index is 291. The third-order valence-electron chi connectivity index (χ3n) is 4.11. The highest BCUT2D eigenvalue weighted by Crippen LogP contribution is 2.06. The van der Waals surface area contributed by atoms with E-state index in [-0.39, 0.29) is 5.78 Å². The molecule has 0 N–H and O–H groups in total. The molecule has 0 fully saturated rings. The molecule has 0 aliphatic carbocycles. The van der Waals surface area contributed by atoms with Crippen molar-refractivity contribution in [2.45, 2.75) is 147 Å². The monoisotopic (exact) mass is 398 g/mol. The van der Waals surface area contributed by atoms with Crippen molar-refractivity contribution in [3.63, 3.8) is 0 Å².